The van der Waals surface area contributed by atoms with E-state index in [9.17, 15) is 9.90 Å². The number of benzene rings is 1. The summed E-state index contributed by atoms with van der Waals surface area (Å²) >= 11 is 0. The van der Waals surface area contributed by atoms with Crippen molar-refractivity contribution in [2.24, 2.45) is 0 Å². The monoisotopic (exact) mass is 276 g/mol. The van der Waals surface area contributed by atoms with Crippen LogP contribution in [-0.2, 0) is 11.3 Å². The molecule has 2 N–H and O–H groups in total. The first-order valence-corrected chi connectivity index (χ1v) is 6.10. The molecule has 0 bridgehead atoms. The van der Waals surface area contributed by atoms with Crippen LogP contribution in [0.5, 0.6) is 5.75 Å². The van der Waals surface area contributed by atoms with Gasteiger partial charge in [0.15, 0.2) is 0 Å². The van der Waals surface area contributed by atoms with E-state index < -0.39 is 6.10 Å². The lowest BCUT2D eigenvalue weighted by atomic mass is 10.3. The van der Waals surface area contributed by atoms with E-state index in [1.165, 1.54) is 10.9 Å². The third-order valence-electron chi connectivity index (χ3n) is 2.64. The van der Waals surface area contributed by atoms with Gasteiger partial charge in [-0.3, -0.25) is 4.79 Å². The molecular weight excluding hydrogens is 260 g/mol. The normalized spacial score (nSPS) is 11.9. The summed E-state index contributed by atoms with van der Waals surface area (Å²) in [7, 11) is 1.56. The molecule has 0 saturated carbocycles. The Labute approximate surface area is 116 Å². The van der Waals surface area contributed by atoms with Gasteiger partial charge in [0.25, 0.3) is 0 Å². The molecule has 0 saturated heterocycles. The zero-order valence-electron chi connectivity index (χ0n) is 11.3. The van der Waals surface area contributed by atoms with Crippen LogP contribution in [0, 0.1) is 0 Å². The van der Waals surface area contributed by atoms with Crippen LogP contribution in [0.1, 0.15) is 18.7 Å². The quantitative estimate of drug-likeness (QED) is 0.849. The van der Waals surface area contributed by atoms with Crippen molar-refractivity contribution in [3.63, 3.8) is 0 Å². The van der Waals surface area contributed by atoms with E-state index in [2.05, 4.69) is 15.6 Å². The van der Waals surface area contributed by atoms with Gasteiger partial charge in [-0.05, 0) is 19.1 Å². The number of nitrogens with one attached hydrogen (secondary N) is 1. The number of anilines is 1. The maximum Gasteiger partial charge on any atom is 0.246 e. The molecular formula is C13H16N4O3. The van der Waals surface area contributed by atoms with E-state index in [1.54, 1.807) is 38.3 Å². The van der Waals surface area contributed by atoms with Crippen molar-refractivity contribution in [2.45, 2.75) is 19.6 Å². The number of hydrogen-bond donors (Lipinski definition) is 2. The van der Waals surface area contributed by atoms with Crippen LogP contribution in [0.4, 0.5) is 5.69 Å². The number of methoxy groups -OCH3 is 1. The highest BCUT2D eigenvalue weighted by Gasteiger charge is 2.09. The number of nitrogens with zero attached hydrogens (tertiary/aromatic N) is 3. The molecule has 1 aromatic carbocycles. The first-order chi connectivity index (χ1) is 9.58. The van der Waals surface area contributed by atoms with Crippen molar-refractivity contribution in [2.75, 3.05) is 12.4 Å². The van der Waals surface area contributed by atoms with Crippen molar-refractivity contribution in [1.82, 2.24) is 15.0 Å². The molecule has 106 valence electrons. The van der Waals surface area contributed by atoms with E-state index in [0.717, 1.165) is 0 Å². The molecule has 2 rings (SSSR count). The SMILES string of the molecule is COc1cccc(NC(=O)Cn2cc(C(C)O)nn2)c1. The average molecular weight is 276 g/mol. The second-order valence-corrected chi connectivity index (χ2v) is 4.30. The molecule has 0 aliphatic carbocycles. The second kappa shape index (κ2) is 6.16. The Balaban J connectivity index is 1.97. The van der Waals surface area contributed by atoms with Gasteiger partial charge < -0.3 is 15.2 Å². The molecule has 7 heteroatoms. The number of aliphatic hydroxyl groups is 1. The lowest BCUT2D eigenvalue weighted by Gasteiger charge is -2.06. The number of rotatable bonds is 5. The minimum atomic E-state index is -0.704. The Kier molecular flexibility index (Phi) is 4.31. The van der Waals surface area contributed by atoms with Gasteiger partial charge in [0.1, 0.15) is 18.0 Å². The summed E-state index contributed by atoms with van der Waals surface area (Å²) in [6.45, 7) is 1.61. The van der Waals surface area contributed by atoms with Crippen molar-refractivity contribution in [1.29, 1.82) is 0 Å². The van der Waals surface area contributed by atoms with Gasteiger partial charge in [-0.2, -0.15) is 0 Å². The minimum absolute atomic E-state index is 0.0247. The fraction of sp³-hybridized carbons (Fsp3) is 0.308. The van der Waals surface area contributed by atoms with Crippen LogP contribution in [0.15, 0.2) is 30.5 Å². The zero-order chi connectivity index (χ0) is 14.5. The Hall–Kier alpha value is -2.41. The number of amides is 1. The van der Waals surface area contributed by atoms with Crippen LogP contribution in [0.25, 0.3) is 0 Å². The maximum absolute atomic E-state index is 11.9. The molecule has 1 aromatic heterocycles. The van der Waals surface area contributed by atoms with E-state index in [1.807, 2.05) is 0 Å². The Morgan fingerprint density at radius 2 is 2.35 bits per heavy atom. The van der Waals surface area contributed by atoms with Gasteiger partial charge in [-0.1, -0.05) is 11.3 Å². The molecule has 0 spiro atoms. The third kappa shape index (κ3) is 3.55. The summed E-state index contributed by atoms with van der Waals surface area (Å²) in [5.41, 5.74) is 1.07. The standard InChI is InChI=1S/C13H16N4O3/c1-9(18)12-7-17(16-15-12)8-13(19)14-10-4-3-5-11(6-10)20-2/h3-7,9,18H,8H2,1-2H3,(H,14,19). The summed E-state index contributed by atoms with van der Waals surface area (Å²) in [6, 6.07) is 7.07. The average Bonchev–Trinajstić information content (AvgIpc) is 2.87. The van der Waals surface area contributed by atoms with Gasteiger partial charge in [0, 0.05) is 11.8 Å². The number of carbonyl (C=O) groups excluding carboxylic acids is 1. The topological polar surface area (TPSA) is 89.3 Å². The second-order valence-electron chi connectivity index (χ2n) is 4.30. The molecule has 0 fully saturated rings. The van der Waals surface area contributed by atoms with E-state index in [4.69, 9.17) is 4.74 Å². The van der Waals surface area contributed by atoms with E-state index >= 15 is 0 Å². The Bertz CT molecular complexity index is 595. The zero-order valence-corrected chi connectivity index (χ0v) is 11.3. The summed E-state index contributed by atoms with van der Waals surface area (Å²) in [4.78, 5) is 11.9. The van der Waals surface area contributed by atoms with Crippen LogP contribution in [-0.4, -0.2) is 33.1 Å². The maximum atomic E-state index is 11.9. The molecule has 1 atom stereocenters. The van der Waals surface area contributed by atoms with Gasteiger partial charge in [-0.25, -0.2) is 4.68 Å². The van der Waals surface area contributed by atoms with Crippen LogP contribution in [0.2, 0.25) is 0 Å². The highest BCUT2D eigenvalue weighted by Crippen LogP contribution is 2.16. The number of aromatic nitrogens is 3. The van der Waals surface area contributed by atoms with Crippen molar-refractivity contribution < 1.29 is 14.6 Å². The third-order valence-corrected chi connectivity index (χ3v) is 2.64. The summed E-state index contributed by atoms with van der Waals surface area (Å²) < 4.78 is 6.45. The highest BCUT2D eigenvalue weighted by molar-refractivity contribution is 5.90. The smallest absolute Gasteiger partial charge is 0.246 e. The number of hydrogen-bond acceptors (Lipinski definition) is 5. The molecule has 0 aliphatic rings. The lowest BCUT2D eigenvalue weighted by Crippen LogP contribution is -2.19. The number of ether oxygens (including phenoxy) is 1. The summed E-state index contributed by atoms with van der Waals surface area (Å²) in [6.07, 6.45) is 0.834. The van der Waals surface area contributed by atoms with Gasteiger partial charge >= 0.3 is 0 Å². The largest absolute Gasteiger partial charge is 0.497 e. The van der Waals surface area contributed by atoms with E-state index in [-0.39, 0.29) is 12.5 Å². The molecule has 7 nitrogen and oxygen atoms in total. The van der Waals surface area contributed by atoms with Crippen LogP contribution >= 0.6 is 0 Å². The predicted molar refractivity (Wildman–Crippen MR) is 72.3 cm³/mol. The molecule has 0 radical (unpaired) electrons. The highest BCUT2D eigenvalue weighted by atomic mass is 16.5. The van der Waals surface area contributed by atoms with Crippen LogP contribution in [0.3, 0.4) is 0 Å². The molecule has 1 amide bonds. The molecule has 0 aliphatic heterocycles. The molecule has 2 aromatic rings. The summed E-state index contributed by atoms with van der Waals surface area (Å²) in [5.74, 6) is 0.431. The van der Waals surface area contributed by atoms with Crippen LogP contribution < -0.4 is 10.1 Å². The van der Waals surface area contributed by atoms with Gasteiger partial charge in [0.05, 0.1) is 19.4 Å². The fourth-order valence-corrected chi connectivity index (χ4v) is 1.63. The summed E-state index contributed by atoms with van der Waals surface area (Å²) in [5, 5.41) is 19.6. The minimum Gasteiger partial charge on any atom is -0.497 e. The van der Waals surface area contributed by atoms with Crippen molar-refractivity contribution >= 4 is 11.6 Å². The van der Waals surface area contributed by atoms with Gasteiger partial charge in [-0.15, -0.1) is 5.10 Å². The molecule has 1 heterocycles. The first-order valence-electron chi connectivity index (χ1n) is 6.10. The first kappa shape index (κ1) is 14.0. The predicted octanol–water partition coefficient (Wildman–Crippen LogP) is 0.979. The van der Waals surface area contributed by atoms with Crippen molar-refractivity contribution in [3.05, 3.63) is 36.2 Å². The Morgan fingerprint density at radius 1 is 1.55 bits per heavy atom. The van der Waals surface area contributed by atoms with Gasteiger partial charge in [0.2, 0.25) is 5.91 Å². The molecule has 1 unspecified atom stereocenters. The number of aliphatic hydroxyl groups excluding tert-OH is 1. The van der Waals surface area contributed by atoms with E-state index in [0.29, 0.717) is 17.1 Å². The molecule has 20 heavy (non-hydrogen) atoms. The Morgan fingerprint density at radius 3 is 3.00 bits per heavy atom. The van der Waals surface area contributed by atoms with Crippen molar-refractivity contribution in [3.8, 4) is 5.75 Å². The number of carbonyl (C=O) groups is 1. The fourth-order valence-electron chi connectivity index (χ4n) is 1.63. The lowest BCUT2D eigenvalue weighted by molar-refractivity contribution is -0.116.